The van der Waals surface area contributed by atoms with E-state index in [-0.39, 0.29) is 30.7 Å². The molecule has 0 aliphatic heterocycles. The lowest BCUT2D eigenvalue weighted by molar-refractivity contribution is 0.0566. The highest BCUT2D eigenvalue weighted by atomic mass is 35.5. The highest BCUT2D eigenvalue weighted by Crippen LogP contribution is 2.33. The van der Waals surface area contributed by atoms with Crippen molar-refractivity contribution in [2.24, 2.45) is 17.8 Å². The predicted molar refractivity (Wildman–Crippen MR) is 159 cm³/mol. The van der Waals surface area contributed by atoms with E-state index in [0.717, 1.165) is 12.8 Å². The molecule has 1 aliphatic carbocycles. The van der Waals surface area contributed by atoms with Crippen LogP contribution in [-0.4, -0.2) is 66.8 Å². The standard InChI is InChI=1S/C29H30ClF2N9O3/c1-3-34-28(33)41(26(42)18-6-4-17(5-7-18)20-13-35-40(14-20)27(31)32)25(16-44-29(43)36-21-9-10-21)19-8-11-23(30)22(12-19)24-15-39(2)38-37-24/h4-8,11-15,21,25,27H,3,9-10,16H2,1-2H3,(H2,33,34)(H,36,43)/t25-/m1/s1. The summed E-state index contributed by atoms with van der Waals surface area (Å²) in [6, 6.07) is 10.6. The van der Waals surface area contributed by atoms with Gasteiger partial charge in [0.1, 0.15) is 12.3 Å². The molecular formula is C29H30ClF2N9O3. The molecule has 5 rings (SSSR count). The number of nitrogens with zero attached hydrogens (tertiary/aromatic N) is 7. The first kappa shape index (κ1) is 30.6. The number of guanidine groups is 1. The first-order valence-corrected chi connectivity index (χ1v) is 14.2. The molecular weight excluding hydrogens is 596 g/mol. The Labute approximate surface area is 256 Å². The van der Waals surface area contributed by atoms with Crippen LogP contribution < -0.4 is 11.1 Å². The molecule has 1 aliphatic rings. The zero-order valence-corrected chi connectivity index (χ0v) is 24.7. The van der Waals surface area contributed by atoms with Crippen molar-refractivity contribution < 1.29 is 23.1 Å². The van der Waals surface area contributed by atoms with Crippen molar-refractivity contribution in [1.82, 2.24) is 35.0 Å². The van der Waals surface area contributed by atoms with E-state index < -0.39 is 24.6 Å². The Morgan fingerprint density at radius 3 is 2.55 bits per heavy atom. The first-order valence-electron chi connectivity index (χ1n) is 13.8. The third-order valence-corrected chi connectivity index (χ3v) is 7.22. The summed E-state index contributed by atoms with van der Waals surface area (Å²) in [6.07, 6.45) is 5.36. The summed E-state index contributed by atoms with van der Waals surface area (Å²) in [5.74, 6) is -0.617. The van der Waals surface area contributed by atoms with Crippen LogP contribution in [0.15, 0.2) is 66.0 Å². The Kier molecular flexibility index (Phi) is 9.18. The van der Waals surface area contributed by atoms with Gasteiger partial charge in [0, 0.05) is 42.5 Å². The van der Waals surface area contributed by atoms with Crippen LogP contribution in [0.5, 0.6) is 0 Å². The lowest BCUT2D eigenvalue weighted by Crippen LogP contribution is -2.46. The number of carbonyl (C=O) groups is 2. The van der Waals surface area contributed by atoms with E-state index in [1.807, 2.05) is 0 Å². The number of nitrogens with one attached hydrogen (secondary N) is 1. The fourth-order valence-electron chi connectivity index (χ4n) is 4.51. The Morgan fingerprint density at radius 2 is 1.93 bits per heavy atom. The molecule has 4 aromatic rings. The number of nitrogens with two attached hydrogens (primary N) is 1. The number of amides is 2. The van der Waals surface area contributed by atoms with E-state index in [1.54, 1.807) is 62.6 Å². The van der Waals surface area contributed by atoms with Crippen LogP contribution in [0.4, 0.5) is 13.6 Å². The molecule has 1 atom stereocenters. The number of aliphatic imine (C=N–C) groups is 1. The smallest absolute Gasteiger partial charge is 0.407 e. The van der Waals surface area contributed by atoms with E-state index in [4.69, 9.17) is 22.1 Å². The number of carbonyl (C=O) groups excluding carboxylic acids is 2. The molecule has 3 N–H and O–H groups in total. The molecule has 2 aromatic heterocycles. The summed E-state index contributed by atoms with van der Waals surface area (Å²) in [4.78, 5) is 32.2. The van der Waals surface area contributed by atoms with Gasteiger partial charge in [0.2, 0.25) is 0 Å². The second kappa shape index (κ2) is 13.2. The summed E-state index contributed by atoms with van der Waals surface area (Å²) in [5, 5.41) is 15.0. The largest absolute Gasteiger partial charge is 0.447 e. The van der Waals surface area contributed by atoms with Gasteiger partial charge in [0.05, 0.1) is 23.5 Å². The van der Waals surface area contributed by atoms with Crippen LogP contribution in [0.3, 0.4) is 0 Å². The second-order valence-electron chi connectivity index (χ2n) is 10.1. The van der Waals surface area contributed by atoms with Gasteiger partial charge in [-0.2, -0.15) is 13.9 Å². The summed E-state index contributed by atoms with van der Waals surface area (Å²) >= 11 is 6.52. The Bertz CT molecular complexity index is 1670. The van der Waals surface area contributed by atoms with Gasteiger partial charge < -0.3 is 15.8 Å². The summed E-state index contributed by atoms with van der Waals surface area (Å²) in [6.45, 7) is -0.972. The molecule has 1 saturated carbocycles. The molecule has 12 nitrogen and oxygen atoms in total. The van der Waals surface area contributed by atoms with Gasteiger partial charge >= 0.3 is 12.6 Å². The van der Waals surface area contributed by atoms with Crippen LogP contribution in [0.25, 0.3) is 22.4 Å². The lowest BCUT2D eigenvalue weighted by Gasteiger charge is -2.31. The number of aromatic nitrogens is 5. The number of hydrogen-bond acceptors (Lipinski definition) is 7. The van der Waals surface area contributed by atoms with E-state index >= 15 is 0 Å². The molecule has 0 saturated heterocycles. The number of rotatable bonds is 10. The molecule has 0 spiro atoms. The van der Waals surface area contributed by atoms with Gasteiger partial charge in [-0.3, -0.25) is 19.4 Å². The average Bonchev–Trinajstić information content (AvgIpc) is 3.47. The van der Waals surface area contributed by atoms with E-state index in [9.17, 15) is 18.4 Å². The molecule has 0 bridgehead atoms. The molecule has 2 amide bonds. The molecule has 2 heterocycles. The van der Waals surface area contributed by atoms with E-state index in [1.165, 1.54) is 22.0 Å². The van der Waals surface area contributed by atoms with Gasteiger partial charge in [0.25, 0.3) is 5.91 Å². The fraction of sp³-hybridized carbons (Fsp3) is 0.310. The molecule has 2 aromatic carbocycles. The molecule has 1 fully saturated rings. The summed E-state index contributed by atoms with van der Waals surface area (Å²) in [5.41, 5.74) is 9.28. The maximum absolute atomic E-state index is 14.1. The van der Waals surface area contributed by atoms with Crippen molar-refractivity contribution in [3.63, 3.8) is 0 Å². The predicted octanol–water partition coefficient (Wildman–Crippen LogP) is 4.80. The summed E-state index contributed by atoms with van der Waals surface area (Å²) in [7, 11) is 1.72. The minimum atomic E-state index is -2.77. The Balaban J connectivity index is 1.51. The number of hydrogen-bond donors (Lipinski definition) is 2. The average molecular weight is 626 g/mol. The van der Waals surface area contributed by atoms with Crippen LogP contribution in [0, 0.1) is 0 Å². The molecule has 15 heteroatoms. The van der Waals surface area contributed by atoms with E-state index in [0.29, 0.717) is 37.7 Å². The number of benzene rings is 2. The maximum atomic E-state index is 14.1. The van der Waals surface area contributed by atoms with Gasteiger partial charge in [-0.05, 0) is 55.2 Å². The van der Waals surface area contributed by atoms with Crippen molar-refractivity contribution in [2.45, 2.75) is 38.4 Å². The lowest BCUT2D eigenvalue weighted by atomic mass is 10.0. The SMILES string of the molecule is CCN=C(N)N(C(=O)c1ccc(-c2cnn(C(F)F)c2)cc1)[C@H](COC(=O)NC1CC1)c1ccc(Cl)c(-c2cn(C)nn2)c1. The minimum absolute atomic E-state index is 0.0653. The Morgan fingerprint density at radius 1 is 1.18 bits per heavy atom. The normalized spacial score (nSPS) is 14.0. The van der Waals surface area contributed by atoms with Gasteiger partial charge in [-0.1, -0.05) is 35.0 Å². The summed E-state index contributed by atoms with van der Waals surface area (Å²) < 4.78 is 33.7. The maximum Gasteiger partial charge on any atom is 0.407 e. The number of ether oxygens (including phenoxy) is 1. The number of aryl methyl sites for hydroxylation is 1. The van der Waals surface area contributed by atoms with Gasteiger partial charge in [-0.15, -0.1) is 5.10 Å². The molecule has 44 heavy (non-hydrogen) atoms. The molecule has 230 valence electrons. The minimum Gasteiger partial charge on any atom is -0.447 e. The zero-order valence-electron chi connectivity index (χ0n) is 23.9. The third kappa shape index (κ3) is 7.02. The highest BCUT2D eigenvalue weighted by Gasteiger charge is 2.32. The van der Waals surface area contributed by atoms with Gasteiger partial charge in [0.15, 0.2) is 5.96 Å². The number of alkyl carbamates (subject to hydrolysis) is 1. The highest BCUT2D eigenvalue weighted by molar-refractivity contribution is 6.33. The van der Waals surface area contributed by atoms with Crippen molar-refractivity contribution in [3.8, 4) is 22.4 Å². The quantitative estimate of drug-likeness (QED) is 0.190. The number of halogens is 3. The van der Waals surface area contributed by atoms with Crippen molar-refractivity contribution in [1.29, 1.82) is 0 Å². The number of alkyl halides is 2. The van der Waals surface area contributed by atoms with Crippen LogP contribution in [0.1, 0.15) is 48.3 Å². The van der Waals surface area contributed by atoms with Crippen LogP contribution in [0.2, 0.25) is 5.02 Å². The van der Waals surface area contributed by atoms with Crippen LogP contribution >= 0.6 is 11.6 Å². The van der Waals surface area contributed by atoms with Crippen molar-refractivity contribution in [2.75, 3.05) is 13.2 Å². The molecule has 0 unspecified atom stereocenters. The monoisotopic (exact) mass is 625 g/mol. The molecule has 0 radical (unpaired) electrons. The third-order valence-electron chi connectivity index (χ3n) is 6.89. The topological polar surface area (TPSA) is 146 Å². The van der Waals surface area contributed by atoms with E-state index in [2.05, 4.69) is 25.7 Å². The van der Waals surface area contributed by atoms with Crippen molar-refractivity contribution in [3.05, 3.63) is 77.2 Å². The van der Waals surface area contributed by atoms with Crippen molar-refractivity contribution >= 4 is 29.6 Å². The van der Waals surface area contributed by atoms with Crippen LogP contribution in [-0.2, 0) is 11.8 Å². The Hall–Kier alpha value is -4.85. The van der Waals surface area contributed by atoms with Gasteiger partial charge in [-0.25, -0.2) is 9.48 Å². The first-order chi connectivity index (χ1) is 21.1. The fourth-order valence-corrected chi connectivity index (χ4v) is 4.72. The zero-order chi connectivity index (χ0) is 31.4. The second-order valence-corrected chi connectivity index (χ2v) is 10.5.